The first-order chi connectivity index (χ1) is 8.19. The van der Waals surface area contributed by atoms with E-state index in [-0.39, 0.29) is 12.4 Å². The summed E-state index contributed by atoms with van der Waals surface area (Å²) in [7, 11) is 2.02. The van der Waals surface area contributed by atoms with E-state index >= 15 is 0 Å². The molecule has 0 radical (unpaired) electrons. The van der Waals surface area contributed by atoms with Crippen molar-refractivity contribution < 1.29 is 5.11 Å². The minimum absolute atomic E-state index is 0.222. The number of hydrogen-bond donors (Lipinski definition) is 3. The van der Waals surface area contributed by atoms with Gasteiger partial charge in [0.1, 0.15) is 11.6 Å². The number of hydrogen-bond acceptors (Lipinski definition) is 5. The van der Waals surface area contributed by atoms with Crippen LogP contribution >= 0.6 is 0 Å². The Hall–Kier alpha value is -1.58. The minimum Gasteiger partial charge on any atom is -0.396 e. The van der Waals surface area contributed by atoms with E-state index in [0.29, 0.717) is 5.56 Å². The molecule has 0 atom stereocenters. The normalized spacial score (nSPS) is 10.7. The van der Waals surface area contributed by atoms with Crippen molar-refractivity contribution in [1.29, 1.82) is 5.26 Å². The predicted octanol–water partition coefficient (Wildman–Crippen LogP) is 0.110. The number of nitrogens with zero attached hydrogens (tertiary/aromatic N) is 3. The van der Waals surface area contributed by atoms with Crippen molar-refractivity contribution in [1.82, 2.24) is 15.1 Å². The van der Waals surface area contributed by atoms with Gasteiger partial charge >= 0.3 is 0 Å². The lowest BCUT2D eigenvalue weighted by atomic mass is 10.1. The molecule has 0 aliphatic rings. The lowest BCUT2D eigenvalue weighted by molar-refractivity contribution is 0.246. The molecule has 6 nitrogen and oxygen atoms in total. The average Bonchev–Trinajstić information content (AvgIpc) is 2.67. The second-order valence-electron chi connectivity index (χ2n) is 4.06. The Morgan fingerprint density at radius 3 is 2.82 bits per heavy atom. The number of nitriles is 1. The van der Waals surface area contributed by atoms with E-state index in [4.69, 9.17) is 16.1 Å². The van der Waals surface area contributed by atoms with Gasteiger partial charge in [0.25, 0.3) is 0 Å². The maximum atomic E-state index is 8.88. The van der Waals surface area contributed by atoms with E-state index in [2.05, 4.69) is 21.2 Å². The highest BCUT2D eigenvalue weighted by Crippen LogP contribution is 2.13. The van der Waals surface area contributed by atoms with Crippen LogP contribution < -0.4 is 5.73 Å². The van der Waals surface area contributed by atoms with Gasteiger partial charge < -0.3 is 15.7 Å². The lowest BCUT2D eigenvalue weighted by Crippen LogP contribution is -2.22. The molecular weight excluding hydrogens is 218 g/mol. The molecule has 0 saturated heterocycles. The van der Waals surface area contributed by atoms with Crippen LogP contribution in [0, 0.1) is 11.3 Å². The molecule has 0 spiro atoms. The van der Waals surface area contributed by atoms with Crippen LogP contribution in [0.3, 0.4) is 0 Å². The summed E-state index contributed by atoms with van der Waals surface area (Å²) in [5.41, 5.74) is 6.81. The van der Waals surface area contributed by atoms with Crippen LogP contribution in [0.2, 0.25) is 0 Å². The number of aryl methyl sites for hydroxylation is 1. The Labute approximate surface area is 101 Å². The van der Waals surface area contributed by atoms with Gasteiger partial charge in [-0.1, -0.05) is 0 Å². The van der Waals surface area contributed by atoms with Crippen LogP contribution in [-0.4, -0.2) is 46.9 Å². The molecule has 1 aromatic rings. The van der Waals surface area contributed by atoms with E-state index in [1.165, 1.54) is 0 Å². The van der Waals surface area contributed by atoms with Gasteiger partial charge in [0.15, 0.2) is 5.82 Å². The molecule has 1 heterocycles. The number of aliphatic hydroxyl groups is 1. The SMILES string of the molecule is CN(CCCO)CCCc1[nH]nc(N)c1C#N. The van der Waals surface area contributed by atoms with E-state index in [1.807, 2.05) is 7.05 Å². The van der Waals surface area contributed by atoms with Crippen LogP contribution in [0.5, 0.6) is 0 Å². The molecule has 1 aromatic heterocycles. The molecule has 0 unspecified atom stereocenters. The molecule has 94 valence electrons. The smallest absolute Gasteiger partial charge is 0.163 e. The molecule has 0 saturated carbocycles. The summed E-state index contributed by atoms with van der Waals surface area (Å²) in [6, 6.07) is 2.05. The number of rotatable bonds is 7. The summed E-state index contributed by atoms with van der Waals surface area (Å²) in [4.78, 5) is 2.15. The number of aromatic nitrogens is 2. The van der Waals surface area contributed by atoms with Crippen molar-refractivity contribution in [3.8, 4) is 6.07 Å². The van der Waals surface area contributed by atoms with E-state index in [9.17, 15) is 0 Å². The van der Waals surface area contributed by atoms with Crippen molar-refractivity contribution in [2.45, 2.75) is 19.3 Å². The van der Waals surface area contributed by atoms with E-state index in [1.54, 1.807) is 0 Å². The second kappa shape index (κ2) is 6.89. The monoisotopic (exact) mass is 237 g/mol. The Morgan fingerprint density at radius 2 is 2.18 bits per heavy atom. The number of aliphatic hydroxyl groups excluding tert-OH is 1. The summed E-state index contributed by atoms with van der Waals surface area (Å²) in [5.74, 6) is 0.274. The van der Waals surface area contributed by atoms with Gasteiger partial charge in [0, 0.05) is 13.2 Å². The van der Waals surface area contributed by atoms with Crippen LogP contribution in [0.1, 0.15) is 24.1 Å². The molecule has 0 bridgehead atoms. The van der Waals surface area contributed by atoms with E-state index in [0.717, 1.165) is 38.0 Å². The molecule has 4 N–H and O–H groups in total. The fourth-order valence-corrected chi connectivity index (χ4v) is 1.68. The first-order valence-corrected chi connectivity index (χ1v) is 5.71. The molecule has 0 aliphatic carbocycles. The zero-order valence-corrected chi connectivity index (χ0v) is 10.1. The third kappa shape index (κ3) is 4.06. The Morgan fingerprint density at radius 1 is 1.47 bits per heavy atom. The topological polar surface area (TPSA) is 102 Å². The number of nitrogen functional groups attached to an aromatic ring is 1. The van der Waals surface area contributed by atoms with Crippen molar-refractivity contribution in [2.24, 2.45) is 0 Å². The fourth-order valence-electron chi connectivity index (χ4n) is 1.68. The number of aromatic amines is 1. The Balaban J connectivity index is 2.33. The van der Waals surface area contributed by atoms with Crippen LogP contribution in [0.15, 0.2) is 0 Å². The molecule has 0 amide bonds. The zero-order chi connectivity index (χ0) is 12.7. The number of nitrogens with one attached hydrogen (secondary N) is 1. The quantitative estimate of drug-likeness (QED) is 0.624. The zero-order valence-electron chi connectivity index (χ0n) is 10.1. The summed E-state index contributed by atoms with van der Waals surface area (Å²) in [5, 5.41) is 24.2. The van der Waals surface area contributed by atoms with Gasteiger partial charge in [-0.25, -0.2) is 0 Å². The second-order valence-corrected chi connectivity index (χ2v) is 4.06. The van der Waals surface area contributed by atoms with Crippen molar-refractivity contribution in [2.75, 3.05) is 32.5 Å². The molecule has 0 fully saturated rings. The van der Waals surface area contributed by atoms with Gasteiger partial charge in [0.05, 0.1) is 5.69 Å². The summed E-state index contributed by atoms with van der Waals surface area (Å²) >= 11 is 0. The first-order valence-electron chi connectivity index (χ1n) is 5.71. The van der Waals surface area contributed by atoms with Crippen molar-refractivity contribution in [3.05, 3.63) is 11.3 Å². The highest BCUT2D eigenvalue weighted by molar-refractivity contribution is 5.50. The minimum atomic E-state index is 0.222. The van der Waals surface area contributed by atoms with Gasteiger partial charge in [-0.2, -0.15) is 10.4 Å². The number of H-pyrrole nitrogens is 1. The molecule has 17 heavy (non-hydrogen) atoms. The van der Waals surface area contributed by atoms with Crippen LogP contribution in [0.25, 0.3) is 0 Å². The van der Waals surface area contributed by atoms with Crippen LogP contribution in [0.4, 0.5) is 5.82 Å². The van der Waals surface area contributed by atoms with Gasteiger partial charge in [0.2, 0.25) is 0 Å². The highest BCUT2D eigenvalue weighted by atomic mass is 16.3. The number of anilines is 1. The predicted molar refractivity (Wildman–Crippen MR) is 65.2 cm³/mol. The Kier molecular flexibility index (Phi) is 5.46. The standard InChI is InChI=1S/C11H19N5O/c1-16(6-3-7-17)5-2-4-10-9(8-12)11(13)15-14-10/h17H,2-7H2,1H3,(H3,13,14,15). The maximum Gasteiger partial charge on any atom is 0.163 e. The summed E-state index contributed by atoms with van der Waals surface area (Å²) in [6.07, 6.45) is 2.48. The van der Waals surface area contributed by atoms with Crippen LogP contribution in [-0.2, 0) is 6.42 Å². The molecule has 0 aromatic carbocycles. The lowest BCUT2D eigenvalue weighted by Gasteiger charge is -2.15. The number of nitrogens with two attached hydrogens (primary N) is 1. The summed E-state index contributed by atoms with van der Waals surface area (Å²) < 4.78 is 0. The first kappa shape index (κ1) is 13.5. The fraction of sp³-hybridized carbons (Fsp3) is 0.636. The molecule has 0 aliphatic heterocycles. The van der Waals surface area contributed by atoms with Gasteiger partial charge in [-0.05, 0) is 32.9 Å². The highest BCUT2D eigenvalue weighted by Gasteiger charge is 2.09. The molecule has 6 heteroatoms. The summed E-state index contributed by atoms with van der Waals surface area (Å²) in [6.45, 7) is 2.02. The van der Waals surface area contributed by atoms with Crippen molar-refractivity contribution in [3.63, 3.8) is 0 Å². The van der Waals surface area contributed by atoms with Crippen molar-refractivity contribution >= 4 is 5.82 Å². The van der Waals surface area contributed by atoms with E-state index < -0.39 is 0 Å². The largest absolute Gasteiger partial charge is 0.396 e. The Bertz CT molecular complexity index is 382. The third-order valence-corrected chi connectivity index (χ3v) is 2.65. The maximum absolute atomic E-state index is 8.88. The van der Waals surface area contributed by atoms with Gasteiger partial charge in [-0.15, -0.1) is 0 Å². The van der Waals surface area contributed by atoms with Gasteiger partial charge in [-0.3, -0.25) is 5.10 Å². The molecule has 1 rings (SSSR count). The third-order valence-electron chi connectivity index (χ3n) is 2.65. The average molecular weight is 237 g/mol. The molecular formula is C11H19N5O.